The minimum absolute atomic E-state index is 0.156. The quantitative estimate of drug-likeness (QED) is 0.817. The van der Waals surface area contributed by atoms with Crippen molar-refractivity contribution in [3.63, 3.8) is 0 Å². The zero-order valence-corrected chi connectivity index (χ0v) is 9.23. The number of hydrogen-bond donors (Lipinski definition) is 2. The number of nitrogens with one attached hydrogen (secondary N) is 2. The van der Waals surface area contributed by atoms with Crippen LogP contribution in [0.15, 0.2) is 41.2 Å². The fraction of sp³-hybridized carbons (Fsp3) is 0.0833. The molecule has 1 heterocycles. The van der Waals surface area contributed by atoms with E-state index in [1.165, 1.54) is 13.0 Å². The number of anilines is 1. The van der Waals surface area contributed by atoms with Crippen molar-refractivity contribution in [2.75, 3.05) is 5.32 Å². The molecule has 2 N–H and O–H groups in total. The summed E-state index contributed by atoms with van der Waals surface area (Å²) in [7, 11) is 0. The third-order valence-corrected chi connectivity index (χ3v) is 2.11. The maximum atomic E-state index is 11.4. The van der Waals surface area contributed by atoms with Crippen LogP contribution in [0.4, 0.5) is 5.95 Å². The second-order valence-corrected chi connectivity index (χ2v) is 3.53. The largest absolute Gasteiger partial charge is 0.296 e. The minimum Gasteiger partial charge on any atom is -0.296 e. The molecule has 2 aromatic rings. The van der Waals surface area contributed by atoms with Crippen molar-refractivity contribution in [1.82, 2.24) is 9.97 Å². The zero-order chi connectivity index (χ0) is 12.3. The van der Waals surface area contributed by atoms with Crippen LogP contribution in [0, 0.1) is 0 Å². The molecule has 0 aliphatic heterocycles. The molecule has 5 nitrogen and oxygen atoms in total. The van der Waals surface area contributed by atoms with E-state index in [4.69, 9.17) is 0 Å². The van der Waals surface area contributed by atoms with Gasteiger partial charge in [0, 0.05) is 18.6 Å². The Balaban J connectivity index is 2.45. The third kappa shape index (κ3) is 2.78. The predicted molar refractivity (Wildman–Crippen MR) is 64.6 cm³/mol. The minimum atomic E-state index is -0.303. The summed E-state index contributed by atoms with van der Waals surface area (Å²) >= 11 is 0. The van der Waals surface area contributed by atoms with Gasteiger partial charge in [-0.25, -0.2) is 4.98 Å². The molecule has 0 atom stereocenters. The Morgan fingerprint density at radius 3 is 2.65 bits per heavy atom. The molecule has 0 saturated heterocycles. The van der Waals surface area contributed by atoms with Gasteiger partial charge in [-0.15, -0.1) is 0 Å². The first kappa shape index (κ1) is 11.1. The molecule has 1 amide bonds. The highest BCUT2D eigenvalue weighted by Crippen LogP contribution is 2.15. The van der Waals surface area contributed by atoms with E-state index in [1.807, 2.05) is 30.3 Å². The van der Waals surface area contributed by atoms with Gasteiger partial charge in [0.1, 0.15) is 0 Å². The SMILES string of the molecule is CC(=O)Nc1nc(-c2ccccc2)cc(=O)[nH]1. The van der Waals surface area contributed by atoms with Crippen LogP contribution in [0.3, 0.4) is 0 Å². The molecule has 0 saturated carbocycles. The number of nitrogens with zero attached hydrogens (tertiary/aromatic N) is 1. The van der Waals surface area contributed by atoms with Crippen LogP contribution in [0.25, 0.3) is 11.3 Å². The first-order valence-electron chi connectivity index (χ1n) is 5.09. The van der Waals surface area contributed by atoms with E-state index >= 15 is 0 Å². The lowest BCUT2D eigenvalue weighted by Gasteiger charge is -2.04. The molecular formula is C12H11N3O2. The summed E-state index contributed by atoms with van der Waals surface area (Å²) in [5, 5.41) is 2.45. The molecule has 1 aromatic heterocycles. The Morgan fingerprint density at radius 2 is 2.00 bits per heavy atom. The van der Waals surface area contributed by atoms with Crippen molar-refractivity contribution in [3.05, 3.63) is 46.8 Å². The zero-order valence-electron chi connectivity index (χ0n) is 9.23. The predicted octanol–water partition coefficient (Wildman–Crippen LogP) is 1.40. The summed E-state index contributed by atoms with van der Waals surface area (Å²) in [5.41, 5.74) is 1.05. The molecule has 0 fully saturated rings. The normalized spacial score (nSPS) is 9.94. The Kier molecular flexibility index (Phi) is 3.00. The summed E-state index contributed by atoms with van der Waals surface area (Å²) in [6.45, 7) is 1.36. The molecule has 0 unspecified atom stereocenters. The van der Waals surface area contributed by atoms with Crippen LogP contribution in [-0.4, -0.2) is 15.9 Å². The van der Waals surface area contributed by atoms with E-state index in [0.717, 1.165) is 5.56 Å². The maximum Gasteiger partial charge on any atom is 0.252 e. The summed E-state index contributed by atoms with van der Waals surface area (Å²) in [6, 6.07) is 10.7. The lowest BCUT2D eigenvalue weighted by Crippen LogP contribution is -2.15. The van der Waals surface area contributed by atoms with Gasteiger partial charge in [-0.1, -0.05) is 30.3 Å². The van der Waals surface area contributed by atoms with Gasteiger partial charge in [-0.3, -0.25) is 19.9 Å². The van der Waals surface area contributed by atoms with Gasteiger partial charge in [0.05, 0.1) is 5.69 Å². The van der Waals surface area contributed by atoms with E-state index in [1.54, 1.807) is 0 Å². The van der Waals surface area contributed by atoms with Crippen molar-refractivity contribution in [3.8, 4) is 11.3 Å². The molecule has 5 heteroatoms. The van der Waals surface area contributed by atoms with Crippen LogP contribution in [0.1, 0.15) is 6.92 Å². The van der Waals surface area contributed by atoms with Crippen LogP contribution < -0.4 is 10.9 Å². The van der Waals surface area contributed by atoms with Crippen LogP contribution in [0.2, 0.25) is 0 Å². The van der Waals surface area contributed by atoms with E-state index in [2.05, 4.69) is 15.3 Å². The average molecular weight is 229 g/mol. The molecule has 86 valence electrons. The van der Waals surface area contributed by atoms with Crippen molar-refractivity contribution < 1.29 is 4.79 Å². The monoisotopic (exact) mass is 229 g/mol. The molecule has 0 aliphatic rings. The Labute approximate surface area is 97.5 Å². The number of H-pyrrole nitrogens is 1. The molecule has 0 radical (unpaired) electrons. The fourth-order valence-electron chi connectivity index (χ4n) is 1.44. The number of carbonyl (C=O) groups is 1. The van der Waals surface area contributed by atoms with E-state index < -0.39 is 0 Å². The van der Waals surface area contributed by atoms with Crippen molar-refractivity contribution >= 4 is 11.9 Å². The lowest BCUT2D eigenvalue weighted by molar-refractivity contribution is -0.114. The highest BCUT2D eigenvalue weighted by atomic mass is 16.1. The third-order valence-electron chi connectivity index (χ3n) is 2.11. The van der Waals surface area contributed by atoms with Crippen molar-refractivity contribution in [2.45, 2.75) is 6.92 Å². The number of aromatic nitrogens is 2. The van der Waals surface area contributed by atoms with Gasteiger partial charge in [0.15, 0.2) is 0 Å². The summed E-state index contributed by atoms with van der Waals surface area (Å²) in [6.07, 6.45) is 0. The van der Waals surface area contributed by atoms with E-state index in [-0.39, 0.29) is 17.4 Å². The standard InChI is InChI=1S/C12H11N3O2/c1-8(16)13-12-14-10(7-11(17)15-12)9-5-3-2-4-6-9/h2-7H,1H3,(H2,13,14,15,16,17). The number of benzene rings is 1. The highest BCUT2D eigenvalue weighted by Gasteiger charge is 2.04. The molecule has 2 rings (SSSR count). The number of hydrogen-bond acceptors (Lipinski definition) is 3. The second-order valence-electron chi connectivity index (χ2n) is 3.53. The van der Waals surface area contributed by atoms with Crippen molar-refractivity contribution in [1.29, 1.82) is 0 Å². The first-order chi connectivity index (χ1) is 8.15. The Hall–Kier alpha value is -2.43. The van der Waals surface area contributed by atoms with Gasteiger partial charge >= 0.3 is 0 Å². The van der Waals surface area contributed by atoms with Gasteiger partial charge in [0.2, 0.25) is 11.9 Å². The molecular weight excluding hydrogens is 218 g/mol. The summed E-state index contributed by atoms with van der Waals surface area (Å²) < 4.78 is 0. The molecule has 17 heavy (non-hydrogen) atoms. The molecule has 0 aliphatic carbocycles. The number of rotatable bonds is 2. The highest BCUT2D eigenvalue weighted by molar-refractivity contribution is 5.86. The second kappa shape index (κ2) is 4.61. The maximum absolute atomic E-state index is 11.4. The molecule has 0 spiro atoms. The summed E-state index contributed by atoms with van der Waals surface area (Å²) in [4.78, 5) is 28.9. The number of carbonyl (C=O) groups excluding carboxylic acids is 1. The van der Waals surface area contributed by atoms with Gasteiger partial charge in [0.25, 0.3) is 5.56 Å². The fourth-order valence-corrected chi connectivity index (χ4v) is 1.44. The van der Waals surface area contributed by atoms with Crippen LogP contribution in [-0.2, 0) is 4.79 Å². The average Bonchev–Trinajstić information content (AvgIpc) is 2.28. The molecule has 1 aromatic carbocycles. The van der Waals surface area contributed by atoms with Crippen LogP contribution in [0.5, 0.6) is 0 Å². The Morgan fingerprint density at radius 1 is 1.29 bits per heavy atom. The van der Waals surface area contributed by atoms with Gasteiger partial charge < -0.3 is 0 Å². The van der Waals surface area contributed by atoms with Gasteiger partial charge in [-0.2, -0.15) is 0 Å². The smallest absolute Gasteiger partial charge is 0.252 e. The van der Waals surface area contributed by atoms with Crippen LogP contribution >= 0.6 is 0 Å². The molecule has 0 bridgehead atoms. The van der Waals surface area contributed by atoms with E-state index in [9.17, 15) is 9.59 Å². The first-order valence-corrected chi connectivity index (χ1v) is 5.09. The Bertz CT molecular complexity index is 590. The van der Waals surface area contributed by atoms with E-state index in [0.29, 0.717) is 5.69 Å². The number of aromatic amines is 1. The summed E-state index contributed by atoms with van der Waals surface area (Å²) in [5.74, 6) is -0.123. The number of amides is 1. The van der Waals surface area contributed by atoms with Gasteiger partial charge in [-0.05, 0) is 0 Å². The lowest BCUT2D eigenvalue weighted by atomic mass is 10.1. The topological polar surface area (TPSA) is 74.8 Å². The van der Waals surface area contributed by atoms with Crippen molar-refractivity contribution in [2.24, 2.45) is 0 Å².